The maximum Gasteiger partial charge on any atom is 0.416 e. The van der Waals surface area contributed by atoms with Gasteiger partial charge in [-0.1, -0.05) is 23.7 Å². The van der Waals surface area contributed by atoms with E-state index in [0.717, 1.165) is 25.0 Å². The predicted molar refractivity (Wildman–Crippen MR) is 149 cm³/mol. The van der Waals surface area contributed by atoms with Crippen LogP contribution in [-0.4, -0.2) is 54.3 Å². The number of carbonyl (C=O) groups excluding carboxylic acids is 1. The van der Waals surface area contributed by atoms with Crippen molar-refractivity contribution in [3.8, 4) is 11.3 Å². The topological polar surface area (TPSA) is 93.4 Å². The molecular weight excluding hydrogens is 623 g/mol. The molecule has 2 saturated heterocycles. The standard InChI is InChI=1S/C27H26ClF5N4O3S2/c1-16-3-2-10-36(16)23-12-17(11-20(35-23)18-4-6-19(7-5-18)27(31,32)33)14-37(15-26(29,30)13-21(37)25(34)38)42(39,40)24-9-8-22(28)41-24/h4-9,11-12,16,21H,2-3,10,13-15H2,1H3,(H-,34,38)/p+1/t16?,21-,37?/m0/s1. The number of benzene rings is 1. The number of primary amides is 1. The number of nitrogens with zero attached hydrogens (tertiary/aromatic N) is 3. The van der Waals surface area contributed by atoms with Gasteiger partial charge >= 0.3 is 22.1 Å². The highest BCUT2D eigenvalue weighted by atomic mass is 35.5. The largest absolute Gasteiger partial charge is 0.416 e. The van der Waals surface area contributed by atoms with Gasteiger partial charge in [0.15, 0.2) is 16.8 Å². The summed E-state index contributed by atoms with van der Waals surface area (Å²) in [5.74, 6) is -4.30. The monoisotopic (exact) mass is 649 g/mol. The van der Waals surface area contributed by atoms with E-state index in [1.54, 1.807) is 6.07 Å². The minimum absolute atomic E-state index is 0.0582. The molecule has 2 unspecified atom stereocenters. The normalized spacial score (nSPS) is 24.3. The Kier molecular flexibility index (Phi) is 7.82. The summed E-state index contributed by atoms with van der Waals surface area (Å²) in [6.45, 7) is 0.832. The van der Waals surface area contributed by atoms with E-state index in [1.807, 2.05) is 11.8 Å². The van der Waals surface area contributed by atoms with Crippen LogP contribution in [0.4, 0.5) is 27.8 Å². The lowest BCUT2D eigenvalue weighted by Crippen LogP contribution is -2.59. The van der Waals surface area contributed by atoms with Gasteiger partial charge in [0.05, 0.1) is 22.0 Å². The third-order valence-electron chi connectivity index (χ3n) is 7.85. The van der Waals surface area contributed by atoms with Gasteiger partial charge in [0.25, 0.3) is 5.91 Å². The van der Waals surface area contributed by atoms with E-state index in [2.05, 4.69) is 4.98 Å². The second-order valence-electron chi connectivity index (χ2n) is 10.8. The third-order valence-corrected chi connectivity index (χ3v) is 11.9. The van der Waals surface area contributed by atoms with Crippen LogP contribution in [0, 0.1) is 0 Å². The number of hydrogen-bond acceptors (Lipinski definition) is 6. The summed E-state index contributed by atoms with van der Waals surface area (Å²) in [6.07, 6.45) is -3.91. The molecule has 7 nitrogen and oxygen atoms in total. The minimum atomic E-state index is -4.65. The van der Waals surface area contributed by atoms with Crippen molar-refractivity contribution < 1.29 is 39.1 Å². The van der Waals surface area contributed by atoms with Crippen molar-refractivity contribution in [3.05, 3.63) is 64.0 Å². The molecule has 15 heteroatoms. The summed E-state index contributed by atoms with van der Waals surface area (Å²) in [6, 6.07) is 8.16. The number of alkyl halides is 5. The number of anilines is 1. The average molecular weight is 650 g/mol. The first kappa shape index (κ1) is 30.6. The molecule has 3 atom stereocenters. The Morgan fingerprint density at radius 3 is 2.43 bits per heavy atom. The van der Waals surface area contributed by atoms with Crippen molar-refractivity contribution in [2.45, 2.75) is 61.1 Å². The highest BCUT2D eigenvalue weighted by molar-refractivity contribution is 7.88. The molecule has 1 amide bonds. The van der Waals surface area contributed by atoms with E-state index < -0.39 is 63.0 Å². The van der Waals surface area contributed by atoms with E-state index in [1.165, 1.54) is 30.3 Å². The predicted octanol–water partition coefficient (Wildman–Crippen LogP) is 6.07. The molecule has 3 aromatic rings. The number of amides is 1. The number of halogens is 6. The van der Waals surface area contributed by atoms with Gasteiger partial charge in [-0.15, -0.1) is 11.3 Å². The Labute approximate surface area is 248 Å². The highest BCUT2D eigenvalue weighted by Crippen LogP contribution is 2.46. The van der Waals surface area contributed by atoms with Crippen LogP contribution >= 0.6 is 22.9 Å². The number of nitrogens with two attached hydrogens (primary N) is 1. The Balaban J connectivity index is 1.68. The number of rotatable bonds is 7. The lowest BCUT2D eigenvalue weighted by molar-refractivity contribution is -0.827. The molecule has 2 N–H and O–H groups in total. The smallest absolute Gasteiger partial charge is 0.364 e. The first-order valence-corrected chi connectivity index (χ1v) is 15.7. The summed E-state index contributed by atoms with van der Waals surface area (Å²) in [5.41, 5.74) is 5.50. The molecular formula is C27H27ClF5N4O3S2+. The summed E-state index contributed by atoms with van der Waals surface area (Å²) in [5, 5.41) is 0. The SMILES string of the molecule is CC1CCCN1c1cc(C[N+]2(S(=O)(=O)c3ccc(Cl)s3)CC(F)(F)C[C@H]2C(N)=O)cc(-c2ccc(C(F)(F)F)cc2)n1. The zero-order valence-corrected chi connectivity index (χ0v) is 24.6. The molecule has 2 aromatic heterocycles. The Morgan fingerprint density at radius 1 is 1.19 bits per heavy atom. The second kappa shape index (κ2) is 10.7. The molecule has 5 rings (SSSR count). The summed E-state index contributed by atoms with van der Waals surface area (Å²) >= 11 is 6.68. The van der Waals surface area contributed by atoms with Crippen LogP contribution in [0.25, 0.3) is 11.3 Å². The van der Waals surface area contributed by atoms with E-state index >= 15 is 8.78 Å². The average Bonchev–Trinajstić information content (AvgIpc) is 3.61. The van der Waals surface area contributed by atoms with Crippen LogP contribution < -0.4 is 10.6 Å². The van der Waals surface area contributed by atoms with Crippen LogP contribution in [0.5, 0.6) is 0 Å². The summed E-state index contributed by atoms with van der Waals surface area (Å²) in [4.78, 5) is 19.2. The van der Waals surface area contributed by atoms with Gasteiger partial charge in [-0.25, -0.2) is 13.8 Å². The summed E-state index contributed by atoms with van der Waals surface area (Å²) < 4.78 is 96.3. The number of hydrogen-bond donors (Lipinski definition) is 1. The van der Waals surface area contributed by atoms with Crippen LogP contribution in [0.2, 0.25) is 4.34 Å². The fourth-order valence-electron chi connectivity index (χ4n) is 5.84. The Hall–Kier alpha value is -2.81. The number of thiophene rings is 1. The number of quaternary nitrogens is 1. The molecule has 2 fully saturated rings. The van der Waals surface area contributed by atoms with Crippen molar-refractivity contribution in [1.82, 2.24) is 4.98 Å². The number of aromatic nitrogens is 1. The van der Waals surface area contributed by atoms with Crippen molar-refractivity contribution in [1.29, 1.82) is 0 Å². The summed E-state index contributed by atoms with van der Waals surface area (Å²) in [7, 11) is -4.65. The van der Waals surface area contributed by atoms with E-state index in [9.17, 15) is 26.4 Å². The Bertz CT molecular complexity index is 1610. The molecule has 1 aromatic carbocycles. The van der Waals surface area contributed by atoms with Crippen LogP contribution in [0.3, 0.4) is 0 Å². The van der Waals surface area contributed by atoms with Gasteiger partial charge in [-0.2, -0.15) is 25.5 Å². The molecule has 2 aliphatic heterocycles. The zero-order valence-electron chi connectivity index (χ0n) is 22.2. The first-order valence-electron chi connectivity index (χ1n) is 13.0. The fraction of sp³-hybridized carbons (Fsp3) is 0.407. The van der Waals surface area contributed by atoms with Crippen LogP contribution in [0.1, 0.15) is 37.3 Å². The lowest BCUT2D eigenvalue weighted by Gasteiger charge is -2.36. The van der Waals surface area contributed by atoms with Crippen LogP contribution in [0.15, 0.2) is 52.7 Å². The van der Waals surface area contributed by atoms with Crippen molar-refractivity contribution >= 4 is 44.7 Å². The molecule has 0 spiro atoms. The molecule has 0 radical (unpaired) electrons. The van der Waals surface area contributed by atoms with Crippen molar-refractivity contribution in [3.63, 3.8) is 0 Å². The molecule has 0 aliphatic carbocycles. The van der Waals surface area contributed by atoms with Gasteiger partial charge in [-0.05, 0) is 56.2 Å². The van der Waals surface area contributed by atoms with Gasteiger partial charge in [0, 0.05) is 23.7 Å². The maximum atomic E-state index is 15.0. The molecule has 4 heterocycles. The van der Waals surface area contributed by atoms with Gasteiger partial charge in [0.1, 0.15) is 12.4 Å². The molecule has 2 aliphatic rings. The third kappa shape index (κ3) is 5.61. The zero-order chi connectivity index (χ0) is 30.7. The molecule has 0 saturated carbocycles. The number of likely N-dealkylation sites (tertiary alicyclic amines) is 1. The number of pyridine rings is 1. The Morgan fingerprint density at radius 2 is 1.88 bits per heavy atom. The maximum absolute atomic E-state index is 15.0. The van der Waals surface area contributed by atoms with Gasteiger partial charge in [0.2, 0.25) is 0 Å². The van der Waals surface area contributed by atoms with Crippen LogP contribution in [-0.2, 0) is 27.5 Å². The molecule has 42 heavy (non-hydrogen) atoms. The lowest BCUT2D eigenvalue weighted by atomic mass is 10.1. The quantitative estimate of drug-likeness (QED) is 0.248. The minimum Gasteiger partial charge on any atom is -0.364 e. The number of sulfonamides is 1. The number of carbonyl (C=O) groups is 1. The van der Waals surface area contributed by atoms with E-state index in [-0.39, 0.29) is 25.8 Å². The van der Waals surface area contributed by atoms with Gasteiger partial charge in [-0.3, -0.25) is 4.79 Å². The fourth-order valence-corrected chi connectivity index (χ4v) is 9.68. The van der Waals surface area contributed by atoms with Gasteiger partial charge < -0.3 is 10.6 Å². The second-order valence-corrected chi connectivity index (χ2v) is 14.8. The van der Waals surface area contributed by atoms with Crippen molar-refractivity contribution in [2.75, 3.05) is 18.0 Å². The van der Waals surface area contributed by atoms with E-state index in [4.69, 9.17) is 17.3 Å². The molecule has 226 valence electrons. The van der Waals surface area contributed by atoms with E-state index in [0.29, 0.717) is 29.3 Å². The molecule has 0 bridgehead atoms. The first-order chi connectivity index (χ1) is 19.5. The van der Waals surface area contributed by atoms with Crippen molar-refractivity contribution in [2.24, 2.45) is 5.73 Å². The highest BCUT2D eigenvalue weighted by Gasteiger charge is 2.65.